The predicted molar refractivity (Wildman–Crippen MR) is 77.1 cm³/mol. The average Bonchev–Trinajstić information content (AvgIpc) is 2.33. The van der Waals surface area contributed by atoms with Gasteiger partial charge in [0.25, 0.3) is 10.0 Å². The average molecular weight is 348 g/mol. The van der Waals surface area contributed by atoms with Crippen LogP contribution in [0.5, 0.6) is 0 Å². The summed E-state index contributed by atoms with van der Waals surface area (Å²) in [6.07, 6.45) is 2.16. The van der Waals surface area contributed by atoms with Crippen molar-refractivity contribution in [3.05, 3.63) is 22.8 Å². The number of pyridine rings is 1. The minimum atomic E-state index is -3.53. The Bertz CT molecular complexity index is 557. The van der Waals surface area contributed by atoms with Gasteiger partial charge in [0.15, 0.2) is 5.03 Å². The molecular formula is C12H18BrN3O2S. The van der Waals surface area contributed by atoms with Crippen molar-refractivity contribution >= 4 is 26.0 Å². The van der Waals surface area contributed by atoms with E-state index >= 15 is 0 Å². The Balaban J connectivity index is 2.28. The van der Waals surface area contributed by atoms with Gasteiger partial charge in [-0.3, -0.25) is 0 Å². The van der Waals surface area contributed by atoms with E-state index < -0.39 is 10.0 Å². The highest BCUT2D eigenvalue weighted by molar-refractivity contribution is 9.10. The Labute approximate surface area is 122 Å². The predicted octanol–water partition coefficient (Wildman–Crippen LogP) is 1.59. The number of halogens is 1. The van der Waals surface area contributed by atoms with Crippen LogP contribution in [-0.4, -0.2) is 36.8 Å². The summed E-state index contributed by atoms with van der Waals surface area (Å²) in [5.41, 5.74) is 5.81. The van der Waals surface area contributed by atoms with Gasteiger partial charge >= 0.3 is 0 Å². The Kier molecular flexibility index (Phi) is 4.02. The molecular weight excluding hydrogens is 330 g/mol. The molecule has 1 aliphatic heterocycles. The Morgan fingerprint density at radius 2 is 2.16 bits per heavy atom. The summed E-state index contributed by atoms with van der Waals surface area (Å²) >= 11 is 3.25. The van der Waals surface area contributed by atoms with Crippen molar-refractivity contribution < 1.29 is 8.42 Å². The second-order valence-corrected chi connectivity index (χ2v) is 8.34. The van der Waals surface area contributed by atoms with Crippen LogP contribution in [0.2, 0.25) is 0 Å². The van der Waals surface area contributed by atoms with E-state index in [1.54, 1.807) is 6.07 Å². The van der Waals surface area contributed by atoms with Gasteiger partial charge in [-0.25, -0.2) is 13.4 Å². The normalized spacial score (nSPS) is 24.3. The first kappa shape index (κ1) is 14.9. The van der Waals surface area contributed by atoms with E-state index in [1.165, 1.54) is 16.6 Å². The fourth-order valence-corrected chi connectivity index (χ4v) is 3.95. The number of nitrogens with two attached hydrogens (primary N) is 1. The summed E-state index contributed by atoms with van der Waals surface area (Å²) in [7, 11) is -3.53. The van der Waals surface area contributed by atoms with Crippen molar-refractivity contribution in [3.63, 3.8) is 0 Å². The molecule has 0 aromatic carbocycles. The molecule has 0 radical (unpaired) electrons. The first-order valence-electron chi connectivity index (χ1n) is 6.11. The maximum atomic E-state index is 12.5. The minimum Gasteiger partial charge on any atom is -0.327 e. The van der Waals surface area contributed by atoms with Crippen molar-refractivity contribution in [2.75, 3.05) is 13.1 Å². The summed E-state index contributed by atoms with van der Waals surface area (Å²) in [4.78, 5) is 3.98. The van der Waals surface area contributed by atoms with Crippen LogP contribution in [0.1, 0.15) is 20.3 Å². The number of aromatic nitrogens is 1. The van der Waals surface area contributed by atoms with E-state index in [4.69, 9.17) is 5.73 Å². The Hall–Kier alpha value is -0.500. The van der Waals surface area contributed by atoms with E-state index in [0.29, 0.717) is 19.5 Å². The lowest BCUT2D eigenvalue weighted by molar-refractivity contribution is 0.155. The summed E-state index contributed by atoms with van der Waals surface area (Å²) in [6, 6.07) is 3.22. The lowest BCUT2D eigenvalue weighted by Crippen LogP contribution is -2.53. The van der Waals surface area contributed by atoms with Gasteiger partial charge < -0.3 is 5.73 Å². The molecule has 0 amide bonds. The lowest BCUT2D eigenvalue weighted by Gasteiger charge is -2.41. The summed E-state index contributed by atoms with van der Waals surface area (Å²) in [6.45, 7) is 4.86. The second kappa shape index (κ2) is 5.12. The molecule has 0 bridgehead atoms. The van der Waals surface area contributed by atoms with Crippen molar-refractivity contribution in [1.29, 1.82) is 0 Å². The van der Waals surface area contributed by atoms with E-state index in [2.05, 4.69) is 20.9 Å². The van der Waals surface area contributed by atoms with Crippen molar-refractivity contribution in [3.8, 4) is 0 Å². The fraction of sp³-hybridized carbons (Fsp3) is 0.583. The highest BCUT2D eigenvalue weighted by atomic mass is 79.9. The Morgan fingerprint density at radius 3 is 2.68 bits per heavy atom. The van der Waals surface area contributed by atoms with E-state index in [9.17, 15) is 8.42 Å². The minimum absolute atomic E-state index is 0.0248. The SMILES string of the molecule is CC1(C)CN(S(=O)(=O)c2ccc(Br)cn2)CCC1N. The quantitative estimate of drug-likeness (QED) is 0.881. The summed E-state index contributed by atoms with van der Waals surface area (Å²) in [5, 5.41) is 0.0852. The molecule has 1 atom stereocenters. The van der Waals surface area contributed by atoms with Crippen LogP contribution < -0.4 is 5.73 Å². The highest BCUT2D eigenvalue weighted by Crippen LogP contribution is 2.30. The van der Waals surface area contributed by atoms with Gasteiger partial charge in [-0.15, -0.1) is 0 Å². The van der Waals surface area contributed by atoms with Gasteiger partial charge in [0.2, 0.25) is 0 Å². The zero-order chi connectivity index (χ0) is 14.3. The number of rotatable bonds is 2. The largest absolute Gasteiger partial charge is 0.327 e. The summed E-state index contributed by atoms with van der Waals surface area (Å²) < 4.78 is 27.2. The number of nitrogens with zero attached hydrogens (tertiary/aromatic N) is 2. The topological polar surface area (TPSA) is 76.3 Å². The third-order valence-electron chi connectivity index (χ3n) is 3.58. The van der Waals surface area contributed by atoms with E-state index in [0.717, 1.165) is 4.47 Å². The molecule has 106 valence electrons. The second-order valence-electron chi connectivity index (χ2n) is 5.54. The smallest absolute Gasteiger partial charge is 0.260 e. The van der Waals surface area contributed by atoms with Crippen molar-refractivity contribution in [1.82, 2.24) is 9.29 Å². The van der Waals surface area contributed by atoms with Crippen LogP contribution in [0.25, 0.3) is 0 Å². The van der Waals surface area contributed by atoms with E-state index in [-0.39, 0.29) is 16.5 Å². The number of sulfonamides is 1. The summed E-state index contributed by atoms with van der Waals surface area (Å²) in [5.74, 6) is 0. The molecule has 0 aliphatic carbocycles. The fourth-order valence-electron chi connectivity index (χ4n) is 2.18. The zero-order valence-electron chi connectivity index (χ0n) is 11.0. The monoisotopic (exact) mass is 347 g/mol. The molecule has 0 spiro atoms. The molecule has 2 heterocycles. The molecule has 1 unspecified atom stereocenters. The molecule has 2 N–H and O–H groups in total. The highest BCUT2D eigenvalue weighted by Gasteiger charge is 2.39. The molecule has 19 heavy (non-hydrogen) atoms. The number of hydrogen-bond donors (Lipinski definition) is 1. The Morgan fingerprint density at radius 1 is 1.47 bits per heavy atom. The number of hydrogen-bond acceptors (Lipinski definition) is 4. The van der Waals surface area contributed by atoms with Gasteiger partial charge in [0.1, 0.15) is 0 Å². The van der Waals surface area contributed by atoms with Crippen LogP contribution in [0.15, 0.2) is 27.8 Å². The van der Waals surface area contributed by atoms with Crippen LogP contribution in [0.4, 0.5) is 0 Å². The van der Waals surface area contributed by atoms with Crippen LogP contribution in [0, 0.1) is 5.41 Å². The third kappa shape index (κ3) is 2.99. The number of piperidine rings is 1. The van der Waals surface area contributed by atoms with Crippen LogP contribution in [-0.2, 0) is 10.0 Å². The molecule has 1 saturated heterocycles. The third-order valence-corrected chi connectivity index (χ3v) is 5.81. The first-order valence-corrected chi connectivity index (χ1v) is 8.34. The van der Waals surface area contributed by atoms with E-state index in [1.807, 2.05) is 13.8 Å². The first-order chi connectivity index (χ1) is 8.73. The molecule has 2 rings (SSSR count). The molecule has 1 aliphatic rings. The maximum absolute atomic E-state index is 12.5. The molecule has 5 nitrogen and oxygen atoms in total. The van der Waals surface area contributed by atoms with Gasteiger partial charge in [0.05, 0.1) is 0 Å². The van der Waals surface area contributed by atoms with Gasteiger partial charge in [0, 0.05) is 29.8 Å². The lowest BCUT2D eigenvalue weighted by atomic mass is 9.81. The van der Waals surface area contributed by atoms with Gasteiger partial charge in [-0.1, -0.05) is 13.8 Å². The van der Waals surface area contributed by atoms with Gasteiger partial charge in [-0.05, 0) is 39.9 Å². The maximum Gasteiger partial charge on any atom is 0.260 e. The van der Waals surface area contributed by atoms with Crippen LogP contribution >= 0.6 is 15.9 Å². The molecule has 1 aromatic heterocycles. The molecule has 7 heteroatoms. The molecule has 0 saturated carbocycles. The van der Waals surface area contributed by atoms with Gasteiger partial charge in [-0.2, -0.15) is 4.31 Å². The van der Waals surface area contributed by atoms with Crippen molar-refractivity contribution in [2.45, 2.75) is 31.3 Å². The molecule has 1 fully saturated rings. The zero-order valence-corrected chi connectivity index (χ0v) is 13.4. The molecule has 1 aromatic rings. The standard InChI is InChI=1S/C12H18BrN3O2S/c1-12(2)8-16(6-5-10(12)14)19(17,18)11-4-3-9(13)7-15-11/h3-4,7,10H,5-6,8,14H2,1-2H3. The van der Waals surface area contributed by atoms with Crippen LogP contribution in [0.3, 0.4) is 0 Å². The van der Waals surface area contributed by atoms with Crippen molar-refractivity contribution in [2.24, 2.45) is 11.1 Å².